The molecule has 1 heterocycles. The van der Waals surface area contributed by atoms with Gasteiger partial charge in [0, 0.05) is 12.8 Å². The number of para-hydroxylation sites is 1. The maximum atomic E-state index is 13.4. The second-order valence-electron chi connectivity index (χ2n) is 11.1. The van der Waals surface area contributed by atoms with E-state index in [-0.39, 0.29) is 35.7 Å². The first kappa shape index (κ1) is 25.9. The number of carboxylic acid groups (broad SMARTS) is 1. The molecule has 7 nitrogen and oxygen atoms in total. The minimum Gasteiger partial charge on any atom is -0.496 e. The van der Waals surface area contributed by atoms with E-state index in [1.165, 1.54) is 13.2 Å². The van der Waals surface area contributed by atoms with E-state index in [4.69, 9.17) is 14.0 Å². The summed E-state index contributed by atoms with van der Waals surface area (Å²) >= 11 is 0. The summed E-state index contributed by atoms with van der Waals surface area (Å²) in [7, 11) is 0.583. The molecule has 3 saturated carbocycles. The lowest BCUT2D eigenvalue weighted by atomic mass is 9.43. The molecule has 0 radical (unpaired) electrons. The Bertz CT molecular complexity index is 999. The minimum absolute atomic E-state index is 0.00263. The fourth-order valence-corrected chi connectivity index (χ4v) is 6.29. The number of alkyl halides is 2. The van der Waals surface area contributed by atoms with Gasteiger partial charge in [-0.15, -0.1) is 0 Å². The van der Waals surface area contributed by atoms with E-state index < -0.39 is 42.9 Å². The number of carbonyl (C=O) groups excluding carboxylic acids is 1. The van der Waals surface area contributed by atoms with Gasteiger partial charge in [0.1, 0.15) is 11.3 Å². The third kappa shape index (κ3) is 4.79. The van der Waals surface area contributed by atoms with Crippen LogP contribution in [0.5, 0.6) is 5.75 Å². The molecule has 5 unspecified atom stereocenters. The van der Waals surface area contributed by atoms with Crippen LogP contribution in [0.1, 0.15) is 69.3 Å². The van der Waals surface area contributed by atoms with Crippen molar-refractivity contribution in [3.63, 3.8) is 0 Å². The molecular weight excluding hydrogens is 459 g/mol. The van der Waals surface area contributed by atoms with Crippen molar-refractivity contribution in [2.45, 2.75) is 83.4 Å². The zero-order chi connectivity index (χ0) is 25.8. The predicted molar refractivity (Wildman–Crippen MR) is 126 cm³/mol. The summed E-state index contributed by atoms with van der Waals surface area (Å²) in [5.41, 5.74) is 0.163. The Balaban J connectivity index is 1.59. The molecule has 1 saturated heterocycles. The molecule has 1 aromatic carbocycles. The van der Waals surface area contributed by atoms with E-state index in [0.717, 1.165) is 19.8 Å². The maximum Gasteiger partial charge on any atom is 0.482 e. The number of nitrogens with one attached hydrogen (secondary N) is 1. The molecule has 35 heavy (non-hydrogen) atoms. The van der Waals surface area contributed by atoms with Gasteiger partial charge in [0.15, 0.2) is 0 Å². The van der Waals surface area contributed by atoms with Gasteiger partial charge in [0.2, 0.25) is 11.8 Å². The fourth-order valence-electron chi connectivity index (χ4n) is 6.29. The van der Waals surface area contributed by atoms with Gasteiger partial charge in [-0.1, -0.05) is 26.0 Å². The standard InChI is InChI=1S/C25H34BF2NO6/c1-23(2)15-12-17(23)25(4)18(13-15)34-26(35-25)19(29-20(30)9-10-24(3,27)28)11-14-7-6-8-16(22(31)32)21(14)33-5/h6-8,15,17-19H,9-13H2,1-5H3,(H,29,30)(H,31,32). The molecule has 10 heteroatoms. The van der Waals surface area contributed by atoms with E-state index in [1.54, 1.807) is 12.1 Å². The normalized spacial score (nSPS) is 29.7. The predicted octanol–water partition coefficient (Wildman–Crippen LogP) is 4.12. The number of halogens is 2. The zero-order valence-electron chi connectivity index (χ0n) is 20.9. The highest BCUT2D eigenvalue weighted by atomic mass is 19.3. The Kier molecular flexibility index (Phi) is 6.68. The van der Waals surface area contributed by atoms with Crippen molar-refractivity contribution < 1.29 is 37.5 Å². The number of methoxy groups -OCH3 is 1. The quantitative estimate of drug-likeness (QED) is 0.503. The van der Waals surface area contributed by atoms with Crippen molar-refractivity contribution in [1.29, 1.82) is 0 Å². The summed E-state index contributed by atoms with van der Waals surface area (Å²) in [6, 6.07) is 4.76. The van der Waals surface area contributed by atoms with Crippen LogP contribution in [0.15, 0.2) is 18.2 Å². The monoisotopic (exact) mass is 493 g/mol. The smallest absolute Gasteiger partial charge is 0.482 e. The maximum absolute atomic E-state index is 13.4. The van der Waals surface area contributed by atoms with Crippen LogP contribution in [0.4, 0.5) is 8.78 Å². The molecule has 0 aromatic heterocycles. The zero-order valence-corrected chi connectivity index (χ0v) is 20.9. The van der Waals surface area contributed by atoms with E-state index in [0.29, 0.717) is 17.4 Å². The van der Waals surface area contributed by atoms with Crippen LogP contribution >= 0.6 is 0 Å². The topological polar surface area (TPSA) is 94.1 Å². The van der Waals surface area contributed by atoms with Crippen molar-refractivity contribution in [3.05, 3.63) is 29.3 Å². The summed E-state index contributed by atoms with van der Waals surface area (Å²) < 4.78 is 45.0. The Morgan fingerprint density at radius 1 is 1.31 bits per heavy atom. The average Bonchev–Trinajstić information content (AvgIpc) is 3.13. The van der Waals surface area contributed by atoms with Gasteiger partial charge < -0.3 is 24.5 Å². The van der Waals surface area contributed by atoms with E-state index in [9.17, 15) is 23.5 Å². The number of hydrogen-bond acceptors (Lipinski definition) is 5. The first-order valence-corrected chi connectivity index (χ1v) is 12.2. The van der Waals surface area contributed by atoms with Gasteiger partial charge >= 0.3 is 13.1 Å². The molecule has 2 N–H and O–H groups in total. The van der Waals surface area contributed by atoms with Gasteiger partial charge in [-0.2, -0.15) is 0 Å². The van der Waals surface area contributed by atoms with Crippen molar-refractivity contribution >= 4 is 19.0 Å². The molecule has 2 bridgehead atoms. The van der Waals surface area contributed by atoms with Crippen LogP contribution in [0.25, 0.3) is 0 Å². The molecule has 5 rings (SSSR count). The van der Waals surface area contributed by atoms with Crippen LogP contribution in [-0.4, -0.2) is 54.8 Å². The number of rotatable bonds is 9. The second kappa shape index (κ2) is 9.03. The van der Waals surface area contributed by atoms with Crippen LogP contribution < -0.4 is 10.1 Å². The summed E-state index contributed by atoms with van der Waals surface area (Å²) in [6.45, 7) is 7.33. The second-order valence-corrected chi connectivity index (χ2v) is 11.1. The third-order valence-corrected chi connectivity index (χ3v) is 8.41. The molecule has 192 valence electrons. The van der Waals surface area contributed by atoms with Gasteiger partial charge in [-0.3, -0.25) is 4.79 Å². The van der Waals surface area contributed by atoms with Crippen LogP contribution in [0, 0.1) is 17.3 Å². The van der Waals surface area contributed by atoms with Gasteiger partial charge in [0.25, 0.3) is 0 Å². The summed E-state index contributed by atoms with van der Waals surface area (Å²) in [4.78, 5) is 24.3. The van der Waals surface area contributed by atoms with E-state index >= 15 is 0 Å². The van der Waals surface area contributed by atoms with Crippen molar-refractivity contribution in [2.24, 2.45) is 17.3 Å². The van der Waals surface area contributed by atoms with Crippen molar-refractivity contribution in [1.82, 2.24) is 5.32 Å². The highest BCUT2D eigenvalue weighted by Gasteiger charge is 2.68. The molecule has 5 atom stereocenters. The Hall–Kier alpha value is -2.20. The van der Waals surface area contributed by atoms with Crippen molar-refractivity contribution in [2.75, 3.05) is 7.11 Å². The van der Waals surface area contributed by atoms with Gasteiger partial charge in [0.05, 0.1) is 24.8 Å². The minimum atomic E-state index is -2.96. The first-order chi connectivity index (χ1) is 16.3. The molecule has 1 aromatic rings. The van der Waals surface area contributed by atoms with Crippen LogP contribution in [0.3, 0.4) is 0 Å². The largest absolute Gasteiger partial charge is 0.496 e. The Labute approximate surface area is 205 Å². The highest BCUT2D eigenvalue weighted by molar-refractivity contribution is 6.48. The number of amides is 1. The molecule has 3 aliphatic carbocycles. The summed E-state index contributed by atoms with van der Waals surface area (Å²) in [5.74, 6) is -4.31. The van der Waals surface area contributed by atoms with Crippen LogP contribution in [-0.2, 0) is 20.5 Å². The lowest BCUT2D eigenvalue weighted by molar-refractivity contribution is -0.199. The van der Waals surface area contributed by atoms with Gasteiger partial charge in [-0.05, 0) is 62.0 Å². The molecular formula is C25H34BF2NO6. The molecule has 4 fully saturated rings. The number of carboxylic acids is 1. The van der Waals surface area contributed by atoms with E-state index in [1.807, 2.05) is 0 Å². The molecule has 4 aliphatic rings. The average molecular weight is 493 g/mol. The molecule has 1 amide bonds. The number of benzene rings is 1. The Morgan fingerprint density at radius 2 is 2.03 bits per heavy atom. The number of aromatic carboxylic acids is 1. The number of hydrogen-bond donors (Lipinski definition) is 2. The summed E-state index contributed by atoms with van der Waals surface area (Å²) in [5, 5.41) is 12.4. The molecule has 1 aliphatic heterocycles. The SMILES string of the molecule is COc1c(CC(NC(=O)CCC(C)(F)F)B2OC3CC4CC(C4(C)C)C3(C)O2)cccc1C(=O)O. The van der Waals surface area contributed by atoms with E-state index in [2.05, 4.69) is 26.1 Å². The van der Waals surface area contributed by atoms with Crippen molar-refractivity contribution in [3.8, 4) is 5.75 Å². The Morgan fingerprint density at radius 3 is 2.63 bits per heavy atom. The highest BCUT2D eigenvalue weighted by Crippen LogP contribution is 2.65. The van der Waals surface area contributed by atoms with Crippen LogP contribution in [0.2, 0.25) is 0 Å². The van der Waals surface area contributed by atoms with Gasteiger partial charge in [-0.25, -0.2) is 13.6 Å². The molecule has 0 spiro atoms. The lowest BCUT2D eigenvalue weighted by Crippen LogP contribution is -2.65. The third-order valence-electron chi connectivity index (χ3n) is 8.41. The lowest BCUT2D eigenvalue weighted by Gasteiger charge is -2.64. The fraction of sp³-hybridized carbons (Fsp3) is 0.680. The number of carbonyl (C=O) groups is 2. The number of ether oxygens (including phenoxy) is 1. The first-order valence-electron chi connectivity index (χ1n) is 12.2. The summed E-state index contributed by atoms with van der Waals surface area (Å²) in [6.07, 6.45) is 1.02.